The Morgan fingerprint density at radius 3 is 2.53 bits per heavy atom. The van der Waals surface area contributed by atoms with Gasteiger partial charge in [-0.05, 0) is 75.1 Å². The van der Waals surface area contributed by atoms with Gasteiger partial charge in [0, 0.05) is 52.4 Å². The van der Waals surface area contributed by atoms with Crippen LogP contribution in [-0.4, -0.2) is 44.4 Å². The number of rotatable bonds is 5. The van der Waals surface area contributed by atoms with Crippen molar-refractivity contribution >= 4 is 46.1 Å². The lowest BCUT2D eigenvalue weighted by Gasteiger charge is -2.29. The number of fused-ring (bicyclic) bond motifs is 2. The molecule has 9 heteroatoms. The Hall–Kier alpha value is -4.63. The molecule has 5 aromatic rings. The number of nitrogens with zero attached hydrogens (tertiary/aromatic N) is 4. The van der Waals surface area contributed by atoms with Gasteiger partial charge in [0.25, 0.3) is 0 Å². The number of ether oxygens (including phenoxy) is 1. The zero-order valence-electron chi connectivity index (χ0n) is 24.9. The molecule has 0 saturated carbocycles. The number of aldehydes is 1. The van der Waals surface area contributed by atoms with E-state index in [0.717, 1.165) is 60.8 Å². The standard InChI is InChI=1S/C34H33N5O3S/c1-20-24(8-6-10-26(20)32-38-28-13-15-39(18-29(28)43-32)33(41)42-34(3,4)5)25-9-7-11-27(21(25)2)37-31-30-23(12-14-35-31)16-22(19-40)17-36-30/h6-12,14,16-17,19H,13,15,18H2,1-5H3,(H,35,37). The van der Waals surface area contributed by atoms with Crippen molar-refractivity contribution in [2.24, 2.45) is 0 Å². The maximum Gasteiger partial charge on any atom is 0.410 e. The molecule has 0 spiro atoms. The van der Waals surface area contributed by atoms with Gasteiger partial charge in [0.05, 0.1) is 12.2 Å². The fourth-order valence-corrected chi connectivity index (χ4v) is 6.58. The van der Waals surface area contributed by atoms with Crippen molar-refractivity contribution in [1.82, 2.24) is 19.9 Å². The third-order valence-corrected chi connectivity index (χ3v) is 8.70. The first-order valence-corrected chi connectivity index (χ1v) is 15.1. The molecule has 1 N–H and O–H groups in total. The van der Waals surface area contributed by atoms with Gasteiger partial charge in [-0.2, -0.15) is 0 Å². The molecule has 2 aromatic carbocycles. The molecule has 1 aliphatic heterocycles. The van der Waals surface area contributed by atoms with Crippen LogP contribution in [-0.2, 0) is 17.7 Å². The van der Waals surface area contributed by atoms with Crippen LogP contribution in [0, 0.1) is 13.8 Å². The van der Waals surface area contributed by atoms with Crippen LogP contribution < -0.4 is 5.32 Å². The molecule has 0 atom stereocenters. The Morgan fingerprint density at radius 2 is 1.77 bits per heavy atom. The summed E-state index contributed by atoms with van der Waals surface area (Å²) in [7, 11) is 0. The lowest BCUT2D eigenvalue weighted by atomic mass is 9.93. The van der Waals surface area contributed by atoms with E-state index in [1.165, 1.54) is 0 Å². The van der Waals surface area contributed by atoms with E-state index >= 15 is 0 Å². The van der Waals surface area contributed by atoms with Gasteiger partial charge < -0.3 is 15.0 Å². The fraction of sp³-hybridized carbons (Fsp3) is 0.265. The molecule has 4 heterocycles. The first-order chi connectivity index (χ1) is 20.6. The molecule has 6 rings (SSSR count). The van der Waals surface area contributed by atoms with Crippen molar-refractivity contribution in [2.45, 2.75) is 53.2 Å². The van der Waals surface area contributed by atoms with Crippen molar-refractivity contribution in [3.05, 3.63) is 88.2 Å². The van der Waals surface area contributed by atoms with Gasteiger partial charge in [-0.25, -0.2) is 14.8 Å². The van der Waals surface area contributed by atoms with Crippen molar-refractivity contribution in [1.29, 1.82) is 0 Å². The van der Waals surface area contributed by atoms with Crippen LogP contribution in [0.2, 0.25) is 0 Å². The Morgan fingerprint density at radius 1 is 1.02 bits per heavy atom. The van der Waals surface area contributed by atoms with E-state index in [0.29, 0.717) is 36.4 Å². The zero-order valence-corrected chi connectivity index (χ0v) is 25.7. The molecule has 0 saturated heterocycles. The van der Waals surface area contributed by atoms with Gasteiger partial charge >= 0.3 is 6.09 Å². The normalized spacial score (nSPS) is 13.1. The number of benzene rings is 2. The number of pyridine rings is 2. The van der Waals surface area contributed by atoms with Crippen LogP contribution in [0.25, 0.3) is 32.6 Å². The summed E-state index contributed by atoms with van der Waals surface area (Å²) in [4.78, 5) is 40.8. The molecule has 0 radical (unpaired) electrons. The largest absolute Gasteiger partial charge is 0.444 e. The van der Waals surface area contributed by atoms with Gasteiger partial charge in [-0.15, -0.1) is 11.3 Å². The summed E-state index contributed by atoms with van der Waals surface area (Å²) in [5.74, 6) is 0.634. The summed E-state index contributed by atoms with van der Waals surface area (Å²) >= 11 is 1.65. The van der Waals surface area contributed by atoms with Crippen LogP contribution in [0.15, 0.2) is 60.9 Å². The SMILES string of the molecule is Cc1c(Nc2nccc3cc(C=O)cnc23)cccc1-c1cccc(-c2nc3c(s2)CN(C(=O)OC(C)(C)C)CC3)c1C. The predicted octanol–water partition coefficient (Wildman–Crippen LogP) is 7.89. The zero-order chi connectivity index (χ0) is 30.3. The molecule has 0 aliphatic carbocycles. The van der Waals surface area contributed by atoms with E-state index in [-0.39, 0.29) is 6.09 Å². The topological polar surface area (TPSA) is 97.3 Å². The van der Waals surface area contributed by atoms with Crippen LogP contribution in [0.1, 0.15) is 52.8 Å². The summed E-state index contributed by atoms with van der Waals surface area (Å²) in [5.41, 5.74) is 8.24. The van der Waals surface area contributed by atoms with Crippen LogP contribution in [0.5, 0.6) is 0 Å². The van der Waals surface area contributed by atoms with Gasteiger partial charge in [-0.3, -0.25) is 9.78 Å². The number of anilines is 2. The van der Waals surface area contributed by atoms with Crippen LogP contribution in [0.3, 0.4) is 0 Å². The highest BCUT2D eigenvalue weighted by Crippen LogP contribution is 2.39. The second-order valence-corrected chi connectivity index (χ2v) is 12.8. The molecule has 0 fully saturated rings. The van der Waals surface area contributed by atoms with Crippen molar-refractivity contribution < 1.29 is 14.3 Å². The Kier molecular flexibility index (Phi) is 7.43. The predicted molar refractivity (Wildman–Crippen MR) is 171 cm³/mol. The number of hydrogen-bond donors (Lipinski definition) is 1. The van der Waals surface area contributed by atoms with Crippen molar-refractivity contribution in [3.63, 3.8) is 0 Å². The summed E-state index contributed by atoms with van der Waals surface area (Å²) in [6.45, 7) is 11.0. The quantitative estimate of drug-likeness (QED) is 0.208. The number of amides is 1. The molecule has 0 unspecified atom stereocenters. The Balaban J connectivity index is 1.30. The average molecular weight is 592 g/mol. The highest BCUT2D eigenvalue weighted by Gasteiger charge is 2.28. The molecular weight excluding hydrogens is 558 g/mol. The second kappa shape index (κ2) is 11.2. The van der Waals surface area contributed by atoms with E-state index in [2.05, 4.69) is 53.4 Å². The second-order valence-electron chi connectivity index (χ2n) is 11.7. The van der Waals surface area contributed by atoms with Gasteiger partial charge in [0.1, 0.15) is 16.1 Å². The number of hydrogen-bond acceptors (Lipinski definition) is 8. The molecule has 43 heavy (non-hydrogen) atoms. The van der Waals surface area contributed by atoms with Crippen LogP contribution in [0.4, 0.5) is 16.3 Å². The number of nitrogens with one attached hydrogen (secondary N) is 1. The van der Waals surface area contributed by atoms with E-state index < -0.39 is 5.60 Å². The molecule has 8 nitrogen and oxygen atoms in total. The molecule has 3 aromatic heterocycles. The monoisotopic (exact) mass is 591 g/mol. The van der Waals surface area contributed by atoms with E-state index in [1.807, 2.05) is 45.0 Å². The minimum Gasteiger partial charge on any atom is -0.444 e. The minimum absolute atomic E-state index is 0.282. The summed E-state index contributed by atoms with van der Waals surface area (Å²) in [5, 5.41) is 5.28. The summed E-state index contributed by atoms with van der Waals surface area (Å²) in [6, 6.07) is 16.2. The van der Waals surface area contributed by atoms with E-state index in [1.54, 1.807) is 28.6 Å². The van der Waals surface area contributed by atoms with Gasteiger partial charge in [-0.1, -0.05) is 30.3 Å². The minimum atomic E-state index is -0.526. The number of carbonyl (C=O) groups excluding carboxylic acids is 2. The fourth-order valence-electron chi connectivity index (χ4n) is 5.38. The van der Waals surface area contributed by atoms with Crippen molar-refractivity contribution in [3.8, 4) is 21.7 Å². The van der Waals surface area contributed by atoms with E-state index in [9.17, 15) is 9.59 Å². The molecule has 1 aliphatic rings. The highest BCUT2D eigenvalue weighted by molar-refractivity contribution is 7.15. The highest BCUT2D eigenvalue weighted by atomic mass is 32.1. The molecule has 218 valence electrons. The average Bonchev–Trinajstić information content (AvgIpc) is 3.41. The van der Waals surface area contributed by atoms with E-state index in [4.69, 9.17) is 9.72 Å². The van der Waals surface area contributed by atoms with Crippen molar-refractivity contribution in [2.75, 3.05) is 11.9 Å². The third kappa shape index (κ3) is 5.72. The number of carbonyl (C=O) groups is 2. The van der Waals surface area contributed by atoms with Gasteiger partial charge in [0.2, 0.25) is 0 Å². The number of aromatic nitrogens is 3. The third-order valence-electron chi connectivity index (χ3n) is 7.58. The Bertz CT molecular complexity index is 1870. The molecule has 1 amide bonds. The lowest BCUT2D eigenvalue weighted by Crippen LogP contribution is -2.39. The molecular formula is C34H33N5O3S. The lowest BCUT2D eigenvalue weighted by molar-refractivity contribution is 0.0225. The first kappa shape index (κ1) is 28.5. The summed E-state index contributed by atoms with van der Waals surface area (Å²) < 4.78 is 5.60. The number of thiazole rings is 1. The maximum absolute atomic E-state index is 12.7. The first-order valence-electron chi connectivity index (χ1n) is 14.2. The maximum atomic E-state index is 12.7. The smallest absolute Gasteiger partial charge is 0.410 e. The summed E-state index contributed by atoms with van der Waals surface area (Å²) in [6.07, 6.45) is 4.50. The molecule has 0 bridgehead atoms. The van der Waals surface area contributed by atoms with Crippen LogP contribution >= 0.6 is 11.3 Å². The van der Waals surface area contributed by atoms with Gasteiger partial charge in [0.15, 0.2) is 12.1 Å². The Labute approximate surface area is 254 Å².